The zero-order valence-electron chi connectivity index (χ0n) is 15.5. The molecule has 0 aromatic heterocycles. The summed E-state index contributed by atoms with van der Waals surface area (Å²) < 4.78 is 26.3. The maximum Gasteiger partial charge on any atom is 0.257 e. The lowest BCUT2D eigenvalue weighted by molar-refractivity contribution is 0.0977. The molecule has 0 aliphatic heterocycles. The second kappa shape index (κ2) is 9.07. The Morgan fingerprint density at radius 3 is 2.07 bits per heavy atom. The maximum absolute atomic E-state index is 12.5. The number of carbonyl (C=O) groups is 1. The Hall–Kier alpha value is -2.29. The number of amides is 1. The highest BCUT2D eigenvalue weighted by Gasteiger charge is 2.21. The van der Waals surface area contributed by atoms with Crippen LogP contribution in [0.2, 0.25) is 0 Å². The molecule has 0 radical (unpaired) electrons. The van der Waals surface area contributed by atoms with Gasteiger partial charge in [-0.25, -0.2) is 8.42 Å². The van der Waals surface area contributed by atoms with Gasteiger partial charge in [0, 0.05) is 24.3 Å². The number of anilines is 1. The smallest absolute Gasteiger partial charge is 0.257 e. The monoisotopic (exact) mass is 405 g/mol. The number of thiocarbonyl (C=S) groups is 1. The van der Waals surface area contributed by atoms with Gasteiger partial charge in [0.15, 0.2) is 5.11 Å². The van der Waals surface area contributed by atoms with E-state index in [0.29, 0.717) is 24.3 Å². The van der Waals surface area contributed by atoms with Crippen molar-refractivity contribution < 1.29 is 13.2 Å². The first-order valence-electron chi connectivity index (χ1n) is 8.57. The molecule has 0 fully saturated rings. The molecule has 0 saturated heterocycles. The predicted molar refractivity (Wildman–Crippen MR) is 111 cm³/mol. The summed E-state index contributed by atoms with van der Waals surface area (Å²) in [5, 5.41) is 5.62. The number of rotatable bonds is 6. The first-order valence-corrected chi connectivity index (χ1v) is 10.4. The molecule has 0 aliphatic carbocycles. The molecular formula is C19H23N3O3S2. The van der Waals surface area contributed by atoms with E-state index >= 15 is 0 Å². The second-order valence-electron chi connectivity index (χ2n) is 5.89. The summed E-state index contributed by atoms with van der Waals surface area (Å²) in [5.41, 5.74) is 2.15. The molecule has 144 valence electrons. The summed E-state index contributed by atoms with van der Waals surface area (Å²) in [5.74, 6) is -0.312. The molecule has 2 rings (SSSR count). The third-order valence-corrected chi connectivity index (χ3v) is 6.26. The Labute approximate surface area is 165 Å². The lowest BCUT2D eigenvalue weighted by Gasteiger charge is -2.18. The fraction of sp³-hybridized carbons (Fsp3) is 0.263. The highest BCUT2D eigenvalue weighted by atomic mass is 32.2. The van der Waals surface area contributed by atoms with Gasteiger partial charge in [-0.05, 0) is 55.5 Å². The molecule has 0 spiro atoms. The number of aryl methyl sites for hydroxylation is 1. The maximum atomic E-state index is 12.5. The number of benzene rings is 2. The summed E-state index contributed by atoms with van der Waals surface area (Å²) in [6.07, 6.45) is 0. The van der Waals surface area contributed by atoms with E-state index in [1.807, 2.05) is 19.1 Å². The fourth-order valence-corrected chi connectivity index (χ4v) is 4.13. The van der Waals surface area contributed by atoms with Gasteiger partial charge in [0.05, 0.1) is 4.90 Å². The van der Waals surface area contributed by atoms with Gasteiger partial charge in [0.2, 0.25) is 10.0 Å². The number of nitrogens with zero attached hydrogens (tertiary/aromatic N) is 1. The molecule has 0 atom stereocenters. The minimum atomic E-state index is -3.50. The third kappa shape index (κ3) is 5.35. The third-order valence-electron chi connectivity index (χ3n) is 4.00. The number of sulfonamides is 1. The van der Waals surface area contributed by atoms with Crippen LogP contribution in [-0.4, -0.2) is 36.8 Å². The quantitative estimate of drug-likeness (QED) is 0.722. The van der Waals surface area contributed by atoms with Gasteiger partial charge in [-0.15, -0.1) is 0 Å². The topological polar surface area (TPSA) is 78.5 Å². The lowest BCUT2D eigenvalue weighted by atomic mass is 10.1. The summed E-state index contributed by atoms with van der Waals surface area (Å²) in [7, 11) is -3.50. The van der Waals surface area contributed by atoms with Gasteiger partial charge >= 0.3 is 0 Å². The highest BCUT2D eigenvalue weighted by molar-refractivity contribution is 7.89. The molecule has 2 aromatic carbocycles. The van der Waals surface area contributed by atoms with Crippen LogP contribution in [0, 0.1) is 6.92 Å². The molecule has 0 aliphatic rings. The molecule has 1 amide bonds. The van der Waals surface area contributed by atoms with Crippen molar-refractivity contribution in [2.24, 2.45) is 0 Å². The SMILES string of the molecule is CCN(CC)S(=O)(=O)c1ccc(NC(=S)NC(=O)c2ccc(C)cc2)cc1. The summed E-state index contributed by atoms with van der Waals surface area (Å²) in [6, 6.07) is 13.4. The van der Waals surface area contributed by atoms with Crippen molar-refractivity contribution in [3.05, 3.63) is 59.7 Å². The van der Waals surface area contributed by atoms with E-state index in [1.165, 1.54) is 16.4 Å². The van der Waals surface area contributed by atoms with Gasteiger partial charge in [0.25, 0.3) is 5.91 Å². The van der Waals surface area contributed by atoms with Crippen LogP contribution in [0.25, 0.3) is 0 Å². The molecule has 0 saturated carbocycles. The standard InChI is InChI=1S/C19H23N3O3S2/c1-4-22(5-2)27(24,25)17-12-10-16(11-13-17)20-19(26)21-18(23)15-8-6-14(3)7-9-15/h6-13H,4-5H2,1-3H3,(H2,20,21,23,26). The Morgan fingerprint density at radius 1 is 1.00 bits per heavy atom. The van der Waals surface area contributed by atoms with Gasteiger partial charge < -0.3 is 5.32 Å². The Kier molecular flexibility index (Phi) is 7.06. The van der Waals surface area contributed by atoms with Crippen LogP contribution >= 0.6 is 12.2 Å². The van der Waals surface area contributed by atoms with Crippen molar-refractivity contribution in [3.8, 4) is 0 Å². The fourth-order valence-electron chi connectivity index (χ4n) is 2.47. The average Bonchev–Trinajstić information content (AvgIpc) is 2.63. The van der Waals surface area contributed by atoms with Crippen LogP contribution in [0.15, 0.2) is 53.4 Å². The van der Waals surface area contributed by atoms with E-state index in [-0.39, 0.29) is 15.9 Å². The van der Waals surface area contributed by atoms with E-state index in [1.54, 1.807) is 38.1 Å². The number of nitrogens with one attached hydrogen (secondary N) is 2. The summed E-state index contributed by atoms with van der Waals surface area (Å²) in [4.78, 5) is 12.4. The van der Waals surface area contributed by atoms with E-state index < -0.39 is 10.0 Å². The molecule has 8 heteroatoms. The van der Waals surface area contributed by atoms with Gasteiger partial charge in [0.1, 0.15) is 0 Å². The molecule has 2 aromatic rings. The average molecular weight is 406 g/mol. The highest BCUT2D eigenvalue weighted by Crippen LogP contribution is 2.18. The summed E-state index contributed by atoms with van der Waals surface area (Å²) in [6.45, 7) is 6.36. The van der Waals surface area contributed by atoms with Crippen molar-refractivity contribution in [1.82, 2.24) is 9.62 Å². The number of hydrogen-bond donors (Lipinski definition) is 2. The van der Waals surface area contributed by atoms with E-state index in [4.69, 9.17) is 12.2 Å². The Bertz CT molecular complexity index is 904. The predicted octanol–water partition coefficient (Wildman–Crippen LogP) is 3.15. The molecule has 0 unspecified atom stereocenters. The van der Waals surface area contributed by atoms with Crippen molar-refractivity contribution in [2.45, 2.75) is 25.7 Å². The van der Waals surface area contributed by atoms with Crippen molar-refractivity contribution in [2.75, 3.05) is 18.4 Å². The van der Waals surface area contributed by atoms with Crippen LogP contribution in [0.4, 0.5) is 5.69 Å². The minimum Gasteiger partial charge on any atom is -0.332 e. The van der Waals surface area contributed by atoms with E-state index in [9.17, 15) is 13.2 Å². The van der Waals surface area contributed by atoms with Crippen molar-refractivity contribution in [1.29, 1.82) is 0 Å². The van der Waals surface area contributed by atoms with Crippen LogP contribution in [0.5, 0.6) is 0 Å². The summed E-state index contributed by atoms with van der Waals surface area (Å²) >= 11 is 5.15. The molecule has 6 nitrogen and oxygen atoms in total. The van der Waals surface area contributed by atoms with E-state index in [0.717, 1.165) is 5.56 Å². The first kappa shape index (κ1) is 21.0. The molecular weight excluding hydrogens is 382 g/mol. The Balaban J connectivity index is 2.02. The van der Waals surface area contributed by atoms with Crippen LogP contribution in [0.1, 0.15) is 29.8 Å². The molecule has 0 bridgehead atoms. The van der Waals surface area contributed by atoms with Gasteiger partial charge in [-0.2, -0.15) is 4.31 Å². The van der Waals surface area contributed by atoms with Crippen molar-refractivity contribution in [3.63, 3.8) is 0 Å². The van der Waals surface area contributed by atoms with Gasteiger partial charge in [-0.3, -0.25) is 10.1 Å². The van der Waals surface area contributed by atoms with E-state index in [2.05, 4.69) is 10.6 Å². The van der Waals surface area contributed by atoms with Crippen molar-refractivity contribution >= 4 is 38.9 Å². The molecule has 0 heterocycles. The molecule has 2 N–H and O–H groups in total. The largest absolute Gasteiger partial charge is 0.332 e. The zero-order valence-corrected chi connectivity index (χ0v) is 17.2. The van der Waals surface area contributed by atoms with Crippen LogP contribution in [-0.2, 0) is 10.0 Å². The van der Waals surface area contributed by atoms with Crippen LogP contribution in [0.3, 0.4) is 0 Å². The second-order valence-corrected chi connectivity index (χ2v) is 8.23. The molecule has 27 heavy (non-hydrogen) atoms. The number of carbonyl (C=O) groups excluding carboxylic acids is 1. The zero-order chi connectivity index (χ0) is 20.0. The van der Waals surface area contributed by atoms with Gasteiger partial charge in [-0.1, -0.05) is 31.5 Å². The lowest BCUT2D eigenvalue weighted by Crippen LogP contribution is -2.34. The normalized spacial score (nSPS) is 11.3. The Morgan fingerprint density at radius 2 is 1.56 bits per heavy atom. The number of hydrogen-bond acceptors (Lipinski definition) is 4. The van der Waals surface area contributed by atoms with Crippen LogP contribution < -0.4 is 10.6 Å². The first-order chi connectivity index (χ1) is 12.8. The minimum absolute atomic E-state index is 0.139.